The van der Waals surface area contributed by atoms with Gasteiger partial charge in [0.2, 0.25) is 0 Å². The lowest BCUT2D eigenvalue weighted by Gasteiger charge is -2.32. The van der Waals surface area contributed by atoms with Crippen molar-refractivity contribution in [1.29, 1.82) is 0 Å². The molecule has 1 N–H and O–H groups in total. The van der Waals surface area contributed by atoms with Gasteiger partial charge in [-0.25, -0.2) is 0 Å². The molecule has 1 fully saturated rings. The average molecular weight is 435 g/mol. The molecule has 0 spiro atoms. The summed E-state index contributed by atoms with van der Waals surface area (Å²) in [4.78, 5) is 17.7. The third-order valence-electron chi connectivity index (χ3n) is 5.50. The van der Waals surface area contributed by atoms with Gasteiger partial charge in [-0.3, -0.25) is 14.7 Å². The number of fused-ring (bicyclic) bond motifs is 1. The van der Waals surface area contributed by atoms with Crippen molar-refractivity contribution in [3.8, 4) is 0 Å². The van der Waals surface area contributed by atoms with Gasteiger partial charge in [0, 0.05) is 24.3 Å². The van der Waals surface area contributed by atoms with Crippen molar-refractivity contribution in [2.24, 2.45) is 0 Å². The zero-order valence-corrected chi connectivity index (χ0v) is 16.5. The number of hydrogen-bond donors (Lipinski definition) is 1. The molecule has 3 aromatic rings. The van der Waals surface area contributed by atoms with Crippen LogP contribution in [-0.4, -0.2) is 33.5 Å². The van der Waals surface area contributed by atoms with Crippen LogP contribution in [0.25, 0.3) is 10.8 Å². The zero-order valence-electron chi connectivity index (χ0n) is 15.7. The molecule has 0 aliphatic carbocycles. The quantitative estimate of drug-likeness (QED) is 0.585. The van der Waals surface area contributed by atoms with E-state index in [0.717, 1.165) is 22.4 Å². The third-order valence-corrected chi connectivity index (χ3v) is 5.83. The van der Waals surface area contributed by atoms with Gasteiger partial charge in [-0.1, -0.05) is 29.8 Å². The minimum absolute atomic E-state index is 0.355. The summed E-state index contributed by atoms with van der Waals surface area (Å²) in [6.07, 6.45) is -0.160. The zero-order chi connectivity index (χ0) is 21.5. The second kappa shape index (κ2) is 7.89. The van der Waals surface area contributed by atoms with Crippen molar-refractivity contribution in [3.05, 3.63) is 76.6 Å². The molecule has 2 aromatic carbocycles. The first-order valence-corrected chi connectivity index (χ1v) is 9.82. The van der Waals surface area contributed by atoms with Crippen molar-refractivity contribution in [2.75, 3.05) is 6.54 Å². The average Bonchev–Trinajstić information content (AvgIpc) is 3.18. The SMILES string of the molecule is O=C(O)C1CCCN1C(c1ccc(Cl)c(C(F)(F)F)c1)c1ccc2cnccc2c1. The molecule has 0 radical (unpaired) electrons. The number of carboxylic acid groups (broad SMARTS) is 1. The number of aromatic nitrogens is 1. The number of hydrogen-bond acceptors (Lipinski definition) is 3. The van der Waals surface area contributed by atoms with E-state index in [1.807, 2.05) is 24.3 Å². The van der Waals surface area contributed by atoms with Crippen LogP contribution in [0.1, 0.15) is 35.6 Å². The highest BCUT2D eigenvalue weighted by Gasteiger charge is 2.39. The number of pyridine rings is 1. The van der Waals surface area contributed by atoms with E-state index in [0.29, 0.717) is 24.9 Å². The number of benzene rings is 2. The molecule has 2 heterocycles. The maximum Gasteiger partial charge on any atom is 0.417 e. The predicted molar refractivity (Wildman–Crippen MR) is 107 cm³/mol. The molecule has 156 valence electrons. The fraction of sp³-hybridized carbons (Fsp3) is 0.273. The molecule has 8 heteroatoms. The molecule has 1 aromatic heterocycles. The summed E-state index contributed by atoms with van der Waals surface area (Å²) >= 11 is 5.81. The van der Waals surface area contributed by atoms with E-state index in [1.54, 1.807) is 17.3 Å². The molecular formula is C22H18ClF3N2O2. The van der Waals surface area contributed by atoms with Crippen molar-refractivity contribution in [3.63, 3.8) is 0 Å². The highest BCUT2D eigenvalue weighted by atomic mass is 35.5. The first-order chi connectivity index (χ1) is 14.3. The van der Waals surface area contributed by atoms with Crippen LogP contribution in [0.15, 0.2) is 54.9 Å². The maximum atomic E-state index is 13.5. The van der Waals surface area contributed by atoms with Crippen molar-refractivity contribution in [1.82, 2.24) is 9.88 Å². The normalized spacial score (nSPS) is 18.6. The van der Waals surface area contributed by atoms with Crippen LogP contribution in [0.3, 0.4) is 0 Å². The number of alkyl halides is 3. The Morgan fingerprint density at radius 2 is 1.87 bits per heavy atom. The lowest BCUT2D eigenvalue weighted by atomic mass is 9.93. The van der Waals surface area contributed by atoms with Crippen LogP contribution < -0.4 is 0 Å². The molecule has 0 amide bonds. The lowest BCUT2D eigenvalue weighted by molar-refractivity contribution is -0.143. The van der Waals surface area contributed by atoms with E-state index in [-0.39, 0.29) is 5.02 Å². The molecule has 1 aliphatic rings. The van der Waals surface area contributed by atoms with Crippen molar-refractivity contribution < 1.29 is 23.1 Å². The van der Waals surface area contributed by atoms with E-state index < -0.39 is 29.8 Å². The third kappa shape index (κ3) is 3.87. The van der Waals surface area contributed by atoms with Gasteiger partial charge in [-0.05, 0) is 53.6 Å². The van der Waals surface area contributed by atoms with Gasteiger partial charge in [-0.2, -0.15) is 13.2 Å². The van der Waals surface area contributed by atoms with E-state index in [4.69, 9.17) is 11.6 Å². The summed E-state index contributed by atoms with van der Waals surface area (Å²) in [6.45, 7) is 0.472. The summed E-state index contributed by atoms with van der Waals surface area (Å²) in [5.41, 5.74) is 0.147. The summed E-state index contributed by atoms with van der Waals surface area (Å²) in [5, 5.41) is 11.1. The number of carboxylic acids is 1. The standard InChI is InChI=1S/C22H18ClF3N2O2/c23-18-6-5-15(11-17(18)22(24,25)26)20(28-9-1-2-19(28)21(29)30)14-3-4-16-12-27-8-7-13(16)10-14/h3-8,10-12,19-20H,1-2,9H2,(H,29,30). The Bertz CT molecular complexity index is 1100. The summed E-state index contributed by atoms with van der Waals surface area (Å²) < 4.78 is 40.5. The van der Waals surface area contributed by atoms with Gasteiger partial charge in [-0.15, -0.1) is 0 Å². The summed E-state index contributed by atoms with van der Waals surface area (Å²) in [6, 6.07) is 9.72. The van der Waals surface area contributed by atoms with Crippen LogP contribution in [-0.2, 0) is 11.0 Å². The number of rotatable bonds is 4. The Hall–Kier alpha value is -2.64. The Kier molecular flexibility index (Phi) is 5.42. The minimum atomic E-state index is -4.61. The predicted octanol–water partition coefficient (Wildman–Crippen LogP) is 5.55. The van der Waals surface area contributed by atoms with Crippen LogP contribution >= 0.6 is 11.6 Å². The molecule has 4 rings (SSSR count). The van der Waals surface area contributed by atoms with E-state index in [1.165, 1.54) is 12.1 Å². The highest BCUT2D eigenvalue weighted by molar-refractivity contribution is 6.31. The van der Waals surface area contributed by atoms with Gasteiger partial charge in [0.25, 0.3) is 0 Å². The topological polar surface area (TPSA) is 53.4 Å². The van der Waals surface area contributed by atoms with Gasteiger partial charge < -0.3 is 5.11 Å². The largest absolute Gasteiger partial charge is 0.480 e. The molecule has 30 heavy (non-hydrogen) atoms. The van der Waals surface area contributed by atoms with Gasteiger partial charge in [0.05, 0.1) is 16.6 Å². The Morgan fingerprint density at radius 1 is 1.13 bits per heavy atom. The first-order valence-electron chi connectivity index (χ1n) is 9.44. The Morgan fingerprint density at radius 3 is 2.60 bits per heavy atom. The Labute approximate surface area is 175 Å². The molecule has 2 unspecified atom stereocenters. The second-order valence-corrected chi connectivity index (χ2v) is 7.76. The van der Waals surface area contributed by atoms with Gasteiger partial charge >= 0.3 is 12.1 Å². The van der Waals surface area contributed by atoms with E-state index in [2.05, 4.69) is 4.98 Å². The van der Waals surface area contributed by atoms with Crippen molar-refractivity contribution >= 4 is 28.3 Å². The smallest absolute Gasteiger partial charge is 0.417 e. The number of carbonyl (C=O) groups is 1. The second-order valence-electron chi connectivity index (χ2n) is 7.36. The number of aliphatic carboxylic acids is 1. The molecule has 2 atom stereocenters. The number of nitrogens with zero attached hydrogens (tertiary/aromatic N) is 2. The van der Waals surface area contributed by atoms with Crippen LogP contribution in [0.4, 0.5) is 13.2 Å². The maximum absolute atomic E-state index is 13.5. The first kappa shape index (κ1) is 20.6. The van der Waals surface area contributed by atoms with E-state index in [9.17, 15) is 23.1 Å². The minimum Gasteiger partial charge on any atom is -0.480 e. The van der Waals surface area contributed by atoms with Crippen molar-refractivity contribution in [2.45, 2.75) is 31.1 Å². The summed E-state index contributed by atoms with van der Waals surface area (Å²) in [7, 11) is 0. The summed E-state index contributed by atoms with van der Waals surface area (Å²) in [5.74, 6) is -0.979. The molecule has 1 aliphatic heterocycles. The number of likely N-dealkylation sites (tertiary alicyclic amines) is 1. The van der Waals surface area contributed by atoms with Crippen LogP contribution in [0, 0.1) is 0 Å². The van der Waals surface area contributed by atoms with Crippen LogP contribution in [0.2, 0.25) is 5.02 Å². The fourth-order valence-electron chi connectivity index (χ4n) is 4.14. The fourth-order valence-corrected chi connectivity index (χ4v) is 4.37. The Balaban J connectivity index is 1.89. The molecule has 0 bridgehead atoms. The molecular weight excluding hydrogens is 417 g/mol. The monoisotopic (exact) mass is 434 g/mol. The molecule has 1 saturated heterocycles. The number of halogens is 4. The van der Waals surface area contributed by atoms with Gasteiger partial charge in [0.15, 0.2) is 0 Å². The van der Waals surface area contributed by atoms with Crippen LogP contribution in [0.5, 0.6) is 0 Å². The lowest BCUT2D eigenvalue weighted by Crippen LogP contribution is -2.39. The highest BCUT2D eigenvalue weighted by Crippen LogP contribution is 2.40. The van der Waals surface area contributed by atoms with E-state index >= 15 is 0 Å². The molecule has 0 saturated carbocycles. The van der Waals surface area contributed by atoms with Gasteiger partial charge in [0.1, 0.15) is 6.04 Å². The molecule has 4 nitrogen and oxygen atoms in total.